The molecule has 2 N–H and O–H groups in total. The normalized spacial score (nSPS) is 20.0. The Kier molecular flexibility index (Phi) is 7.46. The topological polar surface area (TPSA) is 95.3 Å². The highest BCUT2D eigenvalue weighted by Gasteiger charge is 2.31. The summed E-state index contributed by atoms with van der Waals surface area (Å²) in [7, 11) is 0. The lowest BCUT2D eigenvalue weighted by Gasteiger charge is -2.36. The number of ether oxygens (including phenoxy) is 1. The van der Waals surface area contributed by atoms with Crippen molar-refractivity contribution < 1.29 is 14.4 Å². The Morgan fingerprint density at radius 3 is 2.73 bits per heavy atom. The van der Waals surface area contributed by atoms with Gasteiger partial charge in [0.2, 0.25) is 5.95 Å². The van der Waals surface area contributed by atoms with Crippen LogP contribution in [0.1, 0.15) is 46.0 Å². The molecule has 4 rings (SSSR count). The van der Waals surface area contributed by atoms with Crippen molar-refractivity contribution in [3.8, 4) is 11.6 Å². The largest absolute Gasteiger partial charge is 0.617 e. The predicted molar refractivity (Wildman–Crippen MR) is 134 cm³/mol. The van der Waals surface area contributed by atoms with Gasteiger partial charge < -0.3 is 24.3 Å². The number of anilines is 1. The predicted octanol–water partition coefficient (Wildman–Crippen LogP) is 4.31. The van der Waals surface area contributed by atoms with Crippen LogP contribution in [0, 0.1) is 5.92 Å². The molecule has 0 bridgehead atoms. The van der Waals surface area contributed by atoms with Crippen LogP contribution in [0.15, 0.2) is 42.7 Å². The lowest BCUT2D eigenvalue weighted by Crippen LogP contribution is -2.37. The summed E-state index contributed by atoms with van der Waals surface area (Å²) < 4.78 is 19.3. The van der Waals surface area contributed by atoms with E-state index in [4.69, 9.17) is 9.72 Å². The van der Waals surface area contributed by atoms with Crippen LogP contribution in [0.4, 0.5) is 5.95 Å². The molecule has 1 unspecified atom stereocenters. The Morgan fingerprint density at radius 1 is 1.21 bits per heavy atom. The molecule has 0 radical (unpaired) electrons. The van der Waals surface area contributed by atoms with Gasteiger partial charge in [-0.1, -0.05) is 17.2 Å². The monoisotopic (exact) mass is 470 g/mol. The Labute approximate surface area is 198 Å². The van der Waals surface area contributed by atoms with Crippen LogP contribution in [0.3, 0.4) is 0 Å². The number of hydrogen-bond acceptors (Lipinski definition) is 6. The number of rotatable bonds is 9. The van der Waals surface area contributed by atoms with Gasteiger partial charge in [0.25, 0.3) is 0 Å². The van der Waals surface area contributed by atoms with Gasteiger partial charge in [0.15, 0.2) is 0 Å². The third kappa shape index (κ3) is 5.99. The average molecular weight is 471 g/mol. The summed E-state index contributed by atoms with van der Waals surface area (Å²) >= 11 is -0.798. The SMILES string of the molecule is C[S+]([O-])CCCOc1cccc2c1ccn2-c1ccnc(NC2CCC(C(C)(C)O)CC2)n1. The Morgan fingerprint density at radius 2 is 2.00 bits per heavy atom. The first kappa shape index (κ1) is 23.9. The molecule has 1 aliphatic rings. The van der Waals surface area contributed by atoms with Gasteiger partial charge in [-0.25, -0.2) is 4.98 Å². The second kappa shape index (κ2) is 10.3. The first-order valence-electron chi connectivity index (χ1n) is 11.7. The van der Waals surface area contributed by atoms with Crippen LogP contribution < -0.4 is 10.1 Å². The van der Waals surface area contributed by atoms with E-state index in [0.717, 1.165) is 54.6 Å². The molecular formula is C25H34N4O3S. The van der Waals surface area contributed by atoms with Crippen molar-refractivity contribution in [1.82, 2.24) is 14.5 Å². The van der Waals surface area contributed by atoms with E-state index in [-0.39, 0.29) is 0 Å². The fourth-order valence-corrected chi connectivity index (χ4v) is 5.11. The maximum absolute atomic E-state index is 11.3. The van der Waals surface area contributed by atoms with E-state index in [1.165, 1.54) is 0 Å². The van der Waals surface area contributed by atoms with Gasteiger partial charge in [0.05, 0.1) is 24.0 Å². The number of fused-ring (bicyclic) bond motifs is 1. The van der Waals surface area contributed by atoms with Gasteiger partial charge >= 0.3 is 0 Å². The summed E-state index contributed by atoms with van der Waals surface area (Å²) in [5, 5.41) is 14.8. The van der Waals surface area contributed by atoms with Gasteiger partial charge in [0, 0.05) is 30.2 Å². The molecule has 2 heterocycles. The zero-order valence-electron chi connectivity index (χ0n) is 19.7. The average Bonchev–Trinajstić information content (AvgIpc) is 3.21. The summed E-state index contributed by atoms with van der Waals surface area (Å²) in [6.07, 6.45) is 10.3. The molecule has 3 aromatic rings. The summed E-state index contributed by atoms with van der Waals surface area (Å²) in [5.41, 5.74) is 0.399. The molecule has 1 aliphatic carbocycles. The molecule has 1 aromatic carbocycles. The molecule has 178 valence electrons. The van der Waals surface area contributed by atoms with E-state index in [2.05, 4.69) is 16.4 Å². The second-order valence-corrected chi connectivity index (χ2v) is 11.0. The highest BCUT2D eigenvalue weighted by atomic mass is 32.2. The second-order valence-electron chi connectivity index (χ2n) is 9.44. The van der Waals surface area contributed by atoms with Gasteiger partial charge in [-0.05, 0) is 69.7 Å². The van der Waals surface area contributed by atoms with E-state index < -0.39 is 16.8 Å². The molecule has 8 heteroatoms. The van der Waals surface area contributed by atoms with Gasteiger partial charge in [0.1, 0.15) is 17.3 Å². The van der Waals surface area contributed by atoms with Crippen LogP contribution in [0.5, 0.6) is 5.75 Å². The van der Waals surface area contributed by atoms with Crippen LogP contribution in [0.25, 0.3) is 16.7 Å². The summed E-state index contributed by atoms with van der Waals surface area (Å²) in [6, 6.07) is 10.3. The fourth-order valence-electron chi connectivity index (χ4n) is 4.59. The van der Waals surface area contributed by atoms with Gasteiger partial charge in [-0.2, -0.15) is 4.98 Å². The lowest BCUT2D eigenvalue weighted by atomic mass is 9.77. The minimum atomic E-state index is -0.798. The van der Waals surface area contributed by atoms with Crippen molar-refractivity contribution in [3.63, 3.8) is 0 Å². The van der Waals surface area contributed by atoms with Crippen molar-refractivity contribution in [2.45, 2.75) is 57.6 Å². The maximum Gasteiger partial charge on any atom is 0.224 e. The molecule has 33 heavy (non-hydrogen) atoms. The smallest absolute Gasteiger partial charge is 0.224 e. The highest BCUT2D eigenvalue weighted by Crippen LogP contribution is 2.33. The summed E-state index contributed by atoms with van der Waals surface area (Å²) in [4.78, 5) is 9.21. The molecule has 0 saturated heterocycles. The summed E-state index contributed by atoms with van der Waals surface area (Å²) in [6.45, 7) is 4.35. The Bertz CT molecular complexity index is 1060. The van der Waals surface area contributed by atoms with E-state index in [1.807, 2.05) is 48.9 Å². The molecule has 1 saturated carbocycles. The van der Waals surface area contributed by atoms with E-state index in [1.54, 1.807) is 12.5 Å². The fraction of sp³-hybridized carbons (Fsp3) is 0.520. The van der Waals surface area contributed by atoms with Crippen molar-refractivity contribution in [3.05, 3.63) is 42.7 Å². The number of aromatic nitrogens is 3. The zero-order valence-corrected chi connectivity index (χ0v) is 20.5. The molecule has 0 aliphatic heterocycles. The standard InChI is InChI=1S/C25H34N4O3S/c1-25(2,30)18-8-10-19(11-9-18)27-24-26-14-12-23(28-24)29-15-13-20-21(29)6-4-7-22(20)32-16-5-17-33(3)31/h4,6-7,12-15,18-19,30H,5,8-11,16-17H2,1-3H3,(H,26,27,28). The third-order valence-electron chi connectivity index (χ3n) is 6.47. The van der Waals surface area contributed by atoms with Crippen molar-refractivity contribution in [2.24, 2.45) is 5.92 Å². The third-order valence-corrected chi connectivity index (χ3v) is 7.34. The lowest BCUT2D eigenvalue weighted by molar-refractivity contribution is -0.000414. The van der Waals surface area contributed by atoms with Crippen LogP contribution in [0.2, 0.25) is 0 Å². The molecule has 2 aromatic heterocycles. The van der Waals surface area contributed by atoms with Crippen molar-refractivity contribution in [1.29, 1.82) is 0 Å². The molecule has 0 amide bonds. The molecule has 7 nitrogen and oxygen atoms in total. The van der Waals surface area contributed by atoms with E-state index >= 15 is 0 Å². The van der Waals surface area contributed by atoms with Crippen molar-refractivity contribution >= 4 is 28.0 Å². The Balaban J connectivity index is 1.45. The quantitative estimate of drug-likeness (QED) is 0.357. The highest BCUT2D eigenvalue weighted by molar-refractivity contribution is 7.90. The van der Waals surface area contributed by atoms with Gasteiger partial charge in [-0.15, -0.1) is 0 Å². The summed E-state index contributed by atoms with van der Waals surface area (Å²) in [5.74, 6) is 3.23. The number of nitrogens with zero attached hydrogens (tertiary/aromatic N) is 3. The van der Waals surface area contributed by atoms with E-state index in [9.17, 15) is 9.66 Å². The van der Waals surface area contributed by atoms with Gasteiger partial charge in [-0.3, -0.25) is 0 Å². The Hall–Kier alpha value is -2.29. The van der Waals surface area contributed by atoms with E-state index in [0.29, 0.717) is 30.3 Å². The van der Waals surface area contributed by atoms with Crippen LogP contribution in [-0.4, -0.2) is 54.5 Å². The zero-order chi connectivity index (χ0) is 23.4. The van der Waals surface area contributed by atoms with Crippen molar-refractivity contribution in [2.75, 3.05) is 23.9 Å². The molecule has 0 spiro atoms. The first-order valence-corrected chi connectivity index (χ1v) is 13.4. The maximum atomic E-state index is 11.3. The number of nitrogens with one attached hydrogen (secondary N) is 1. The minimum absolute atomic E-state index is 0.317. The minimum Gasteiger partial charge on any atom is -0.617 e. The molecule has 1 atom stereocenters. The number of aliphatic hydroxyl groups is 1. The number of benzene rings is 1. The number of hydrogen-bond donors (Lipinski definition) is 2. The van der Waals surface area contributed by atoms with Crippen LogP contribution in [-0.2, 0) is 11.2 Å². The molecular weight excluding hydrogens is 436 g/mol. The van der Waals surface area contributed by atoms with Crippen LogP contribution >= 0.6 is 0 Å². The molecule has 1 fully saturated rings. The first-order chi connectivity index (χ1) is 15.8.